The maximum absolute atomic E-state index is 12.8. The number of rotatable bonds is 4. The predicted molar refractivity (Wildman–Crippen MR) is 104 cm³/mol. The number of likely N-dealkylation sites (N-methyl/N-ethyl adjacent to an activating group) is 1. The zero-order valence-electron chi connectivity index (χ0n) is 15.7. The van der Waals surface area contributed by atoms with Crippen LogP contribution in [0.25, 0.3) is 11.2 Å². The molecule has 1 aliphatic heterocycles. The van der Waals surface area contributed by atoms with Gasteiger partial charge in [-0.3, -0.25) is 13.9 Å². The van der Waals surface area contributed by atoms with E-state index in [1.54, 1.807) is 14.0 Å². The number of imidazole rings is 1. The average molecular weight is 381 g/mol. The molecule has 0 unspecified atom stereocenters. The van der Waals surface area contributed by atoms with Crippen molar-refractivity contribution in [3.05, 3.63) is 31.9 Å². The smallest absolute Gasteiger partial charge is 0.332 e. The highest BCUT2D eigenvalue weighted by Crippen LogP contribution is 2.21. The van der Waals surface area contributed by atoms with Crippen LogP contribution in [0.1, 0.15) is 13.8 Å². The first-order valence-electron chi connectivity index (χ1n) is 8.81. The number of aromatic nitrogens is 4. The van der Waals surface area contributed by atoms with E-state index in [1.165, 1.54) is 11.6 Å². The maximum atomic E-state index is 12.8. The lowest BCUT2D eigenvalue weighted by molar-refractivity contribution is 0.269. The van der Waals surface area contributed by atoms with E-state index in [1.807, 2.05) is 10.6 Å². The van der Waals surface area contributed by atoms with Gasteiger partial charge in [-0.1, -0.05) is 24.6 Å². The number of halogens is 1. The number of aryl methyl sites for hydroxylation is 1. The van der Waals surface area contributed by atoms with Crippen LogP contribution in [0, 0.1) is 0 Å². The Morgan fingerprint density at radius 2 is 1.81 bits per heavy atom. The van der Waals surface area contributed by atoms with Crippen LogP contribution in [-0.4, -0.2) is 56.3 Å². The van der Waals surface area contributed by atoms with Gasteiger partial charge in [-0.2, -0.15) is 4.98 Å². The van der Waals surface area contributed by atoms with E-state index in [9.17, 15) is 9.59 Å². The first-order valence-corrected chi connectivity index (χ1v) is 9.18. The Bertz CT molecular complexity index is 958. The van der Waals surface area contributed by atoms with Crippen LogP contribution in [0.15, 0.2) is 20.7 Å². The van der Waals surface area contributed by atoms with Gasteiger partial charge in [-0.15, -0.1) is 0 Å². The van der Waals surface area contributed by atoms with Crippen molar-refractivity contribution in [1.82, 2.24) is 23.6 Å². The van der Waals surface area contributed by atoms with Gasteiger partial charge in [-0.25, -0.2) is 4.79 Å². The molecule has 0 amide bonds. The molecule has 2 aromatic heterocycles. The van der Waals surface area contributed by atoms with Crippen LogP contribution in [0.2, 0.25) is 0 Å². The topological polar surface area (TPSA) is 68.3 Å². The molecule has 9 heteroatoms. The average Bonchev–Trinajstić information content (AvgIpc) is 3.02. The number of nitrogens with zero attached hydrogens (tertiary/aromatic N) is 6. The molecule has 0 N–H and O–H groups in total. The van der Waals surface area contributed by atoms with Crippen molar-refractivity contribution in [3.63, 3.8) is 0 Å². The van der Waals surface area contributed by atoms with E-state index < -0.39 is 0 Å². The summed E-state index contributed by atoms with van der Waals surface area (Å²) in [5.41, 5.74) is 0.122. The zero-order valence-corrected chi connectivity index (χ0v) is 16.5. The summed E-state index contributed by atoms with van der Waals surface area (Å²) in [4.78, 5) is 34.3. The molecule has 0 bridgehead atoms. The van der Waals surface area contributed by atoms with Gasteiger partial charge < -0.3 is 14.4 Å². The summed E-state index contributed by atoms with van der Waals surface area (Å²) in [6.45, 7) is 8.95. The van der Waals surface area contributed by atoms with Crippen molar-refractivity contribution >= 4 is 28.7 Å². The lowest BCUT2D eigenvalue weighted by Crippen LogP contribution is -2.47. The van der Waals surface area contributed by atoms with Gasteiger partial charge in [0.1, 0.15) is 0 Å². The Balaban J connectivity index is 2.19. The number of piperazine rings is 1. The van der Waals surface area contributed by atoms with E-state index in [2.05, 4.69) is 21.7 Å². The first-order chi connectivity index (χ1) is 12.3. The van der Waals surface area contributed by atoms with Gasteiger partial charge in [0.15, 0.2) is 11.2 Å². The third kappa shape index (κ3) is 3.19. The second kappa shape index (κ2) is 7.28. The van der Waals surface area contributed by atoms with Crippen LogP contribution in [-0.2, 0) is 20.6 Å². The van der Waals surface area contributed by atoms with Gasteiger partial charge >= 0.3 is 5.69 Å². The third-order valence-electron chi connectivity index (χ3n) is 4.99. The standard InChI is InChI=1S/C17H25ClN6O2/c1-5-22-8-10-23(11-9-22)16-19-14-13(24(16)7-6-12(2)18)15(25)21(4)17(26)20(14)3/h6H,5,7-11H2,1-4H3/b12-6+. The number of hydrogen-bond donors (Lipinski definition) is 0. The zero-order chi connectivity index (χ0) is 19.0. The van der Waals surface area contributed by atoms with E-state index in [-0.39, 0.29) is 11.2 Å². The number of allylic oxidation sites excluding steroid dienone is 2. The fourth-order valence-electron chi connectivity index (χ4n) is 3.33. The van der Waals surface area contributed by atoms with Crippen molar-refractivity contribution < 1.29 is 0 Å². The number of fused-ring (bicyclic) bond motifs is 1. The summed E-state index contributed by atoms with van der Waals surface area (Å²) in [6.07, 6.45) is 1.85. The second-order valence-corrected chi connectivity index (χ2v) is 7.21. The Hall–Kier alpha value is -2.06. The van der Waals surface area contributed by atoms with Crippen molar-refractivity contribution in [2.45, 2.75) is 20.4 Å². The molecule has 1 saturated heterocycles. The highest BCUT2D eigenvalue weighted by molar-refractivity contribution is 6.29. The Morgan fingerprint density at radius 1 is 1.15 bits per heavy atom. The summed E-state index contributed by atoms with van der Waals surface area (Å²) in [5.74, 6) is 0.711. The Labute approximate surface area is 156 Å². The van der Waals surface area contributed by atoms with E-state index in [0.29, 0.717) is 28.7 Å². The Kier molecular flexibility index (Phi) is 5.24. The lowest BCUT2D eigenvalue weighted by Gasteiger charge is -2.34. The summed E-state index contributed by atoms with van der Waals surface area (Å²) < 4.78 is 4.41. The highest BCUT2D eigenvalue weighted by Gasteiger charge is 2.24. The molecule has 0 aromatic carbocycles. The fraction of sp³-hybridized carbons (Fsp3) is 0.588. The minimum Gasteiger partial charge on any atom is -0.340 e. The molecule has 0 radical (unpaired) electrons. The fourth-order valence-corrected chi connectivity index (χ4v) is 3.40. The summed E-state index contributed by atoms with van der Waals surface area (Å²) in [7, 11) is 3.13. The van der Waals surface area contributed by atoms with E-state index in [0.717, 1.165) is 37.3 Å². The predicted octanol–water partition coefficient (Wildman–Crippen LogP) is 0.718. The molecule has 0 spiro atoms. The summed E-state index contributed by atoms with van der Waals surface area (Å²) in [5, 5.41) is 0.648. The highest BCUT2D eigenvalue weighted by atomic mass is 35.5. The largest absolute Gasteiger partial charge is 0.340 e. The molecule has 8 nitrogen and oxygen atoms in total. The maximum Gasteiger partial charge on any atom is 0.332 e. The van der Waals surface area contributed by atoms with Crippen molar-refractivity contribution in [2.75, 3.05) is 37.6 Å². The van der Waals surface area contributed by atoms with Gasteiger partial charge in [0.2, 0.25) is 5.95 Å². The normalized spacial score (nSPS) is 16.7. The van der Waals surface area contributed by atoms with Crippen LogP contribution < -0.4 is 16.1 Å². The van der Waals surface area contributed by atoms with Gasteiger partial charge in [0.05, 0.1) is 0 Å². The second-order valence-electron chi connectivity index (χ2n) is 6.61. The van der Waals surface area contributed by atoms with Crippen LogP contribution >= 0.6 is 11.6 Å². The molecular formula is C17H25ClN6O2. The molecule has 0 saturated carbocycles. The molecule has 3 heterocycles. The molecule has 142 valence electrons. The molecular weight excluding hydrogens is 356 g/mol. The minimum atomic E-state index is -0.376. The van der Waals surface area contributed by atoms with Crippen molar-refractivity contribution in [1.29, 1.82) is 0 Å². The molecule has 0 atom stereocenters. The first kappa shape index (κ1) is 18.7. The number of hydrogen-bond acceptors (Lipinski definition) is 5. The van der Waals surface area contributed by atoms with Gasteiger partial charge in [-0.05, 0) is 13.5 Å². The molecule has 26 heavy (non-hydrogen) atoms. The lowest BCUT2D eigenvalue weighted by atomic mass is 10.3. The van der Waals surface area contributed by atoms with Crippen LogP contribution in [0.5, 0.6) is 0 Å². The molecule has 0 aliphatic carbocycles. The summed E-state index contributed by atoms with van der Waals surface area (Å²) in [6, 6.07) is 0. The number of anilines is 1. The van der Waals surface area contributed by atoms with Gasteiger partial charge in [0.25, 0.3) is 5.56 Å². The Morgan fingerprint density at radius 3 is 2.38 bits per heavy atom. The van der Waals surface area contributed by atoms with Crippen molar-refractivity contribution in [3.8, 4) is 0 Å². The molecule has 1 fully saturated rings. The van der Waals surface area contributed by atoms with Crippen LogP contribution in [0.3, 0.4) is 0 Å². The van der Waals surface area contributed by atoms with Gasteiger partial charge in [0, 0.05) is 51.9 Å². The molecule has 3 rings (SSSR count). The van der Waals surface area contributed by atoms with Crippen molar-refractivity contribution in [2.24, 2.45) is 14.1 Å². The van der Waals surface area contributed by atoms with Crippen LogP contribution in [0.4, 0.5) is 5.95 Å². The van der Waals surface area contributed by atoms with E-state index in [4.69, 9.17) is 11.6 Å². The minimum absolute atomic E-state index is 0.338. The summed E-state index contributed by atoms with van der Waals surface area (Å²) >= 11 is 6.02. The molecule has 2 aromatic rings. The third-order valence-corrected chi connectivity index (χ3v) is 5.14. The molecule has 1 aliphatic rings. The monoisotopic (exact) mass is 380 g/mol. The quantitative estimate of drug-likeness (QED) is 0.781. The SMILES string of the molecule is CCN1CCN(c2nc3c(c(=O)n(C)c(=O)n3C)n2C/C=C(\C)Cl)CC1. The van der Waals surface area contributed by atoms with E-state index >= 15 is 0 Å².